The summed E-state index contributed by atoms with van der Waals surface area (Å²) < 4.78 is 5.55. The third-order valence-electron chi connectivity index (χ3n) is 2.28. The number of aliphatic carboxylic acids is 1. The molecule has 6 heteroatoms. The van der Waals surface area contributed by atoms with Crippen LogP contribution in [-0.4, -0.2) is 16.1 Å². The van der Waals surface area contributed by atoms with E-state index in [9.17, 15) is 4.79 Å². The number of nitrogens with zero attached hydrogens (tertiary/aromatic N) is 1. The molecule has 0 bridgehead atoms. The fourth-order valence-electron chi connectivity index (χ4n) is 1.45. The number of rotatable bonds is 4. The topological polar surface area (TPSA) is 59.4 Å². The second-order valence-electron chi connectivity index (χ2n) is 3.80. The lowest BCUT2D eigenvalue weighted by atomic mass is 10.2. The zero-order valence-electron chi connectivity index (χ0n) is 10.1. The Morgan fingerprint density at radius 2 is 2.05 bits per heavy atom. The molecule has 1 aromatic heterocycles. The summed E-state index contributed by atoms with van der Waals surface area (Å²) in [4.78, 5) is 14.3. The van der Waals surface area contributed by atoms with E-state index < -0.39 is 5.97 Å². The van der Waals surface area contributed by atoms with Gasteiger partial charge in [-0.25, -0.2) is 4.79 Å². The molecular formula is C14H9Cl2NO3. The second-order valence-corrected chi connectivity index (χ2v) is 4.65. The molecule has 2 rings (SSSR count). The van der Waals surface area contributed by atoms with Gasteiger partial charge in [-0.3, -0.25) is 4.98 Å². The number of pyridine rings is 1. The molecule has 0 aliphatic rings. The van der Waals surface area contributed by atoms with Gasteiger partial charge < -0.3 is 9.84 Å². The highest BCUT2D eigenvalue weighted by Crippen LogP contribution is 2.31. The summed E-state index contributed by atoms with van der Waals surface area (Å²) in [5, 5.41) is 9.37. The average molecular weight is 310 g/mol. The van der Waals surface area contributed by atoms with Crippen molar-refractivity contribution in [2.24, 2.45) is 0 Å². The average Bonchev–Trinajstić information content (AvgIpc) is 2.39. The van der Waals surface area contributed by atoms with Gasteiger partial charge in [0.1, 0.15) is 11.5 Å². The maximum atomic E-state index is 10.4. The Morgan fingerprint density at radius 3 is 2.70 bits per heavy atom. The number of carboxylic acid groups (broad SMARTS) is 1. The predicted octanol–water partition coefficient (Wildman–Crippen LogP) is 4.28. The summed E-state index contributed by atoms with van der Waals surface area (Å²) >= 11 is 11.9. The zero-order chi connectivity index (χ0) is 14.5. The van der Waals surface area contributed by atoms with Crippen LogP contribution in [0.1, 0.15) is 5.56 Å². The number of hydrogen-bond acceptors (Lipinski definition) is 3. The molecule has 1 N–H and O–H groups in total. The van der Waals surface area contributed by atoms with E-state index in [0.717, 1.165) is 6.08 Å². The first-order valence-electron chi connectivity index (χ1n) is 5.53. The number of aromatic nitrogens is 1. The van der Waals surface area contributed by atoms with Crippen molar-refractivity contribution in [1.29, 1.82) is 0 Å². The van der Waals surface area contributed by atoms with Crippen molar-refractivity contribution in [3.63, 3.8) is 0 Å². The maximum Gasteiger partial charge on any atom is 0.328 e. The number of carbonyl (C=O) groups is 1. The Kier molecular flexibility index (Phi) is 4.61. The van der Waals surface area contributed by atoms with Gasteiger partial charge in [0.25, 0.3) is 0 Å². The highest BCUT2D eigenvalue weighted by molar-refractivity contribution is 6.32. The molecule has 1 aromatic carbocycles. The van der Waals surface area contributed by atoms with Crippen LogP contribution in [0.15, 0.2) is 42.7 Å². The standard InChI is InChI=1S/C14H9Cl2NO3/c15-10-6-11(8-17-7-10)20-13-3-1-9(5-12(13)16)2-4-14(18)19/h1-8H,(H,18,19)/b4-2+. The van der Waals surface area contributed by atoms with E-state index in [1.807, 2.05) is 0 Å². The monoisotopic (exact) mass is 309 g/mol. The van der Waals surface area contributed by atoms with E-state index in [1.165, 1.54) is 18.5 Å². The van der Waals surface area contributed by atoms with E-state index in [2.05, 4.69) is 4.98 Å². The first-order chi connectivity index (χ1) is 9.54. The Hall–Kier alpha value is -2.04. The zero-order valence-corrected chi connectivity index (χ0v) is 11.6. The van der Waals surface area contributed by atoms with Crippen LogP contribution in [0, 0.1) is 0 Å². The molecule has 0 radical (unpaired) electrons. The van der Waals surface area contributed by atoms with Crippen LogP contribution in [0.2, 0.25) is 10.0 Å². The molecule has 20 heavy (non-hydrogen) atoms. The Labute approximate surface area is 125 Å². The SMILES string of the molecule is O=C(O)/C=C/c1ccc(Oc2cncc(Cl)c2)c(Cl)c1. The quantitative estimate of drug-likeness (QED) is 0.856. The van der Waals surface area contributed by atoms with Crippen LogP contribution in [-0.2, 0) is 4.79 Å². The minimum atomic E-state index is -1.02. The van der Waals surface area contributed by atoms with E-state index >= 15 is 0 Å². The molecule has 0 saturated heterocycles. The smallest absolute Gasteiger partial charge is 0.328 e. The molecule has 102 valence electrons. The molecule has 0 aliphatic heterocycles. The summed E-state index contributed by atoms with van der Waals surface area (Å²) in [7, 11) is 0. The Morgan fingerprint density at radius 1 is 1.25 bits per heavy atom. The molecule has 0 amide bonds. The molecule has 0 spiro atoms. The molecule has 0 unspecified atom stereocenters. The largest absolute Gasteiger partial charge is 0.478 e. The second kappa shape index (κ2) is 6.41. The minimum absolute atomic E-state index is 0.359. The summed E-state index contributed by atoms with van der Waals surface area (Å²) in [5.41, 5.74) is 0.661. The molecular weight excluding hydrogens is 301 g/mol. The third-order valence-corrected chi connectivity index (χ3v) is 2.78. The fraction of sp³-hybridized carbons (Fsp3) is 0. The lowest BCUT2D eigenvalue weighted by molar-refractivity contribution is -0.131. The van der Waals surface area contributed by atoms with Crippen LogP contribution in [0.3, 0.4) is 0 Å². The van der Waals surface area contributed by atoms with Crippen molar-refractivity contribution >= 4 is 35.2 Å². The fourth-order valence-corrected chi connectivity index (χ4v) is 1.84. The highest BCUT2D eigenvalue weighted by atomic mass is 35.5. The van der Waals surface area contributed by atoms with Crippen LogP contribution in [0.5, 0.6) is 11.5 Å². The number of halogens is 2. The molecule has 4 nitrogen and oxygen atoms in total. The van der Waals surface area contributed by atoms with Crippen molar-refractivity contribution < 1.29 is 14.6 Å². The normalized spacial score (nSPS) is 10.7. The Balaban J connectivity index is 2.20. The lowest BCUT2D eigenvalue weighted by Crippen LogP contribution is -1.88. The first-order valence-corrected chi connectivity index (χ1v) is 6.29. The van der Waals surface area contributed by atoms with Crippen LogP contribution in [0.25, 0.3) is 6.08 Å². The minimum Gasteiger partial charge on any atom is -0.478 e. The summed E-state index contributed by atoms with van der Waals surface area (Å²) in [6, 6.07) is 6.56. The van der Waals surface area contributed by atoms with Crippen LogP contribution >= 0.6 is 23.2 Å². The number of benzene rings is 1. The lowest BCUT2D eigenvalue weighted by Gasteiger charge is -2.08. The van der Waals surface area contributed by atoms with Gasteiger partial charge in [-0.1, -0.05) is 29.3 Å². The van der Waals surface area contributed by atoms with Crippen molar-refractivity contribution in [3.8, 4) is 11.5 Å². The molecule has 0 fully saturated rings. The van der Waals surface area contributed by atoms with Crippen molar-refractivity contribution in [3.05, 3.63) is 58.3 Å². The van der Waals surface area contributed by atoms with Gasteiger partial charge in [0.05, 0.1) is 16.2 Å². The molecule has 2 aromatic rings. The third kappa shape index (κ3) is 3.98. The summed E-state index contributed by atoms with van der Waals surface area (Å²) in [5.74, 6) is -0.122. The van der Waals surface area contributed by atoms with Crippen molar-refractivity contribution in [2.45, 2.75) is 0 Å². The van der Waals surface area contributed by atoms with E-state index in [-0.39, 0.29) is 0 Å². The molecule has 1 heterocycles. The van der Waals surface area contributed by atoms with Gasteiger partial charge >= 0.3 is 5.97 Å². The number of carboxylic acids is 1. The van der Waals surface area contributed by atoms with Crippen molar-refractivity contribution in [1.82, 2.24) is 4.98 Å². The van der Waals surface area contributed by atoms with Crippen molar-refractivity contribution in [2.75, 3.05) is 0 Å². The van der Waals surface area contributed by atoms with Gasteiger partial charge in [0, 0.05) is 18.3 Å². The summed E-state index contributed by atoms with van der Waals surface area (Å²) in [6.45, 7) is 0. The van der Waals surface area contributed by atoms with E-state index in [0.29, 0.717) is 27.1 Å². The number of ether oxygens (including phenoxy) is 1. The van der Waals surface area contributed by atoms with Gasteiger partial charge in [0.2, 0.25) is 0 Å². The molecule has 0 aliphatic carbocycles. The summed E-state index contributed by atoms with van der Waals surface area (Å²) in [6.07, 6.45) is 5.49. The highest BCUT2D eigenvalue weighted by Gasteiger charge is 2.05. The van der Waals surface area contributed by atoms with Crippen LogP contribution in [0.4, 0.5) is 0 Å². The predicted molar refractivity (Wildman–Crippen MR) is 77.4 cm³/mol. The van der Waals surface area contributed by atoms with E-state index in [1.54, 1.807) is 24.3 Å². The Bertz CT molecular complexity index is 671. The molecule has 0 saturated carbocycles. The molecule has 0 atom stereocenters. The van der Waals surface area contributed by atoms with Gasteiger partial charge in [-0.15, -0.1) is 0 Å². The van der Waals surface area contributed by atoms with Gasteiger partial charge in [0.15, 0.2) is 0 Å². The van der Waals surface area contributed by atoms with Gasteiger partial charge in [-0.2, -0.15) is 0 Å². The maximum absolute atomic E-state index is 10.4. The van der Waals surface area contributed by atoms with E-state index in [4.69, 9.17) is 33.0 Å². The van der Waals surface area contributed by atoms with Gasteiger partial charge in [-0.05, 0) is 23.8 Å². The first kappa shape index (κ1) is 14.4. The van der Waals surface area contributed by atoms with Crippen LogP contribution < -0.4 is 4.74 Å². The number of hydrogen-bond donors (Lipinski definition) is 1.